The Balaban J connectivity index is 1.64. The van der Waals surface area contributed by atoms with Crippen LogP contribution in [0, 0.1) is 0 Å². The molecule has 164 valence electrons. The molecule has 0 atom stereocenters. The van der Waals surface area contributed by atoms with E-state index in [4.69, 9.17) is 49.7 Å². The first-order valence-electron chi connectivity index (χ1n) is 9.04. The zero-order valence-electron chi connectivity index (χ0n) is 16.5. The summed E-state index contributed by atoms with van der Waals surface area (Å²) in [6.45, 7) is 0. The number of thiocarbonyl (C=S) groups is 1. The molecule has 7 nitrogen and oxygen atoms in total. The number of carboxylic acids is 1. The molecule has 3 rings (SSSR count). The van der Waals surface area contributed by atoms with Gasteiger partial charge in [0.2, 0.25) is 5.91 Å². The molecule has 0 saturated carbocycles. The van der Waals surface area contributed by atoms with E-state index >= 15 is 0 Å². The van der Waals surface area contributed by atoms with Gasteiger partial charge in [-0.3, -0.25) is 10.1 Å². The maximum absolute atomic E-state index is 12.2. The van der Waals surface area contributed by atoms with E-state index in [1.165, 1.54) is 37.5 Å². The third-order valence-electron chi connectivity index (χ3n) is 4.17. The Morgan fingerprint density at radius 1 is 1.16 bits per heavy atom. The summed E-state index contributed by atoms with van der Waals surface area (Å²) in [7, 11) is 1.43. The number of rotatable bonds is 6. The van der Waals surface area contributed by atoms with E-state index < -0.39 is 11.9 Å². The molecule has 3 aromatic rings. The fraction of sp³-hybridized carbons (Fsp3) is 0.0455. The van der Waals surface area contributed by atoms with E-state index in [-0.39, 0.29) is 10.7 Å². The third kappa shape index (κ3) is 5.67. The number of hydrogen-bond acceptors (Lipinski definition) is 5. The van der Waals surface area contributed by atoms with E-state index in [9.17, 15) is 9.59 Å². The number of amides is 1. The van der Waals surface area contributed by atoms with Gasteiger partial charge in [0.25, 0.3) is 0 Å². The zero-order valence-corrected chi connectivity index (χ0v) is 18.8. The summed E-state index contributed by atoms with van der Waals surface area (Å²) in [5.74, 6) is -0.342. The number of ether oxygens (including phenoxy) is 1. The second kappa shape index (κ2) is 10.3. The van der Waals surface area contributed by atoms with Crippen molar-refractivity contribution < 1.29 is 23.8 Å². The fourth-order valence-corrected chi connectivity index (χ4v) is 3.29. The third-order valence-corrected chi connectivity index (χ3v) is 5.20. The van der Waals surface area contributed by atoms with E-state index in [0.29, 0.717) is 38.6 Å². The van der Waals surface area contributed by atoms with Crippen LogP contribution in [0.4, 0.5) is 5.69 Å². The molecular weight excluding hydrogens is 475 g/mol. The molecule has 3 N–H and O–H groups in total. The zero-order chi connectivity index (χ0) is 23.3. The Bertz CT molecular complexity index is 1220. The highest BCUT2D eigenvalue weighted by Gasteiger charge is 2.12. The predicted molar refractivity (Wildman–Crippen MR) is 128 cm³/mol. The van der Waals surface area contributed by atoms with Gasteiger partial charge in [0, 0.05) is 11.6 Å². The molecule has 0 aliphatic carbocycles. The SMILES string of the molecule is COc1ccc(C(=O)O)cc1NC(=S)NC(=O)/C=C/c1ccc(-c2cccc(Cl)c2Cl)o1. The van der Waals surface area contributed by atoms with Crippen LogP contribution in [0.15, 0.2) is 59.0 Å². The molecule has 32 heavy (non-hydrogen) atoms. The van der Waals surface area contributed by atoms with Crippen LogP contribution in [0.2, 0.25) is 10.0 Å². The highest BCUT2D eigenvalue weighted by molar-refractivity contribution is 7.80. The maximum Gasteiger partial charge on any atom is 0.335 e. The van der Waals surface area contributed by atoms with E-state index in [1.54, 1.807) is 30.3 Å². The number of aromatic carboxylic acids is 1. The number of methoxy groups -OCH3 is 1. The second-order valence-electron chi connectivity index (χ2n) is 6.30. The van der Waals surface area contributed by atoms with Crippen molar-refractivity contribution in [2.75, 3.05) is 12.4 Å². The number of carbonyl (C=O) groups is 2. The van der Waals surface area contributed by atoms with E-state index in [2.05, 4.69) is 10.6 Å². The first kappa shape index (κ1) is 23.3. The molecule has 0 unspecified atom stereocenters. The van der Waals surface area contributed by atoms with Gasteiger partial charge in [-0.2, -0.15) is 0 Å². The molecule has 0 radical (unpaired) electrons. The van der Waals surface area contributed by atoms with Crippen LogP contribution in [0.5, 0.6) is 5.75 Å². The van der Waals surface area contributed by atoms with Crippen LogP contribution < -0.4 is 15.4 Å². The van der Waals surface area contributed by atoms with Gasteiger partial charge in [0.05, 0.1) is 28.4 Å². The van der Waals surface area contributed by atoms with Gasteiger partial charge in [-0.05, 0) is 60.8 Å². The molecular formula is C22H16Cl2N2O5S. The smallest absolute Gasteiger partial charge is 0.335 e. The molecule has 1 amide bonds. The monoisotopic (exact) mass is 490 g/mol. The lowest BCUT2D eigenvalue weighted by molar-refractivity contribution is -0.115. The molecule has 10 heteroatoms. The van der Waals surface area contributed by atoms with Gasteiger partial charge in [-0.1, -0.05) is 29.3 Å². The lowest BCUT2D eigenvalue weighted by Gasteiger charge is -2.12. The molecule has 0 spiro atoms. The number of anilines is 1. The van der Waals surface area contributed by atoms with Crippen molar-refractivity contribution >= 4 is 64.2 Å². The molecule has 1 heterocycles. The number of nitrogens with one attached hydrogen (secondary N) is 2. The summed E-state index contributed by atoms with van der Waals surface area (Å²) in [4.78, 5) is 23.4. The number of hydrogen-bond donors (Lipinski definition) is 3. The lowest BCUT2D eigenvalue weighted by Crippen LogP contribution is -2.33. The number of halogens is 2. The highest BCUT2D eigenvalue weighted by atomic mass is 35.5. The van der Waals surface area contributed by atoms with Crippen LogP contribution in [-0.2, 0) is 4.79 Å². The van der Waals surface area contributed by atoms with Crippen molar-refractivity contribution in [3.63, 3.8) is 0 Å². The average Bonchev–Trinajstić information content (AvgIpc) is 3.22. The largest absolute Gasteiger partial charge is 0.495 e. The summed E-state index contributed by atoms with van der Waals surface area (Å²) in [6.07, 6.45) is 2.70. The Kier molecular flexibility index (Phi) is 7.53. The van der Waals surface area contributed by atoms with Gasteiger partial charge in [0.15, 0.2) is 5.11 Å². The van der Waals surface area contributed by atoms with E-state index in [0.717, 1.165) is 0 Å². The van der Waals surface area contributed by atoms with Gasteiger partial charge in [-0.25, -0.2) is 4.79 Å². The van der Waals surface area contributed by atoms with Crippen molar-refractivity contribution in [3.05, 3.63) is 76.0 Å². The van der Waals surface area contributed by atoms with E-state index in [1.807, 2.05) is 0 Å². The van der Waals surface area contributed by atoms with Gasteiger partial charge >= 0.3 is 5.97 Å². The standard InChI is InChI=1S/C22H16Cl2N2O5S/c1-30-18-8-5-12(21(28)29)11-16(18)25-22(32)26-19(27)10-7-13-6-9-17(31-13)14-3-2-4-15(23)20(14)24/h2-11H,1H3,(H,28,29)(H2,25,26,27,32)/b10-7+. The molecule has 0 aliphatic rings. The van der Waals surface area contributed by atoms with Crippen molar-refractivity contribution in [1.29, 1.82) is 0 Å². The second-order valence-corrected chi connectivity index (χ2v) is 7.49. The normalized spacial score (nSPS) is 10.7. The van der Waals surface area contributed by atoms with Gasteiger partial charge in [0.1, 0.15) is 17.3 Å². The Morgan fingerprint density at radius 3 is 2.66 bits per heavy atom. The van der Waals surface area contributed by atoms with Crippen LogP contribution in [-0.4, -0.2) is 29.2 Å². The topological polar surface area (TPSA) is 101 Å². The van der Waals surface area contributed by atoms with Gasteiger partial charge in [-0.15, -0.1) is 0 Å². The molecule has 2 aromatic carbocycles. The number of furan rings is 1. The molecule has 0 aliphatic heterocycles. The molecule has 0 fully saturated rings. The Labute approximate surface area is 198 Å². The fourth-order valence-electron chi connectivity index (χ4n) is 2.68. The Hall–Kier alpha value is -3.33. The van der Waals surface area contributed by atoms with Crippen LogP contribution in [0.1, 0.15) is 16.1 Å². The minimum Gasteiger partial charge on any atom is -0.495 e. The minimum atomic E-state index is -1.11. The van der Waals surface area contributed by atoms with Gasteiger partial charge < -0.3 is 19.6 Å². The number of carboxylic acid groups (broad SMARTS) is 1. The first-order chi connectivity index (χ1) is 15.3. The van der Waals surface area contributed by atoms with Crippen LogP contribution in [0.25, 0.3) is 17.4 Å². The van der Waals surface area contributed by atoms with Crippen molar-refractivity contribution in [1.82, 2.24) is 5.32 Å². The first-order valence-corrected chi connectivity index (χ1v) is 10.2. The molecule has 0 saturated heterocycles. The summed E-state index contributed by atoms with van der Waals surface area (Å²) in [6, 6.07) is 12.8. The van der Waals surface area contributed by atoms with Crippen LogP contribution in [0.3, 0.4) is 0 Å². The Morgan fingerprint density at radius 2 is 1.94 bits per heavy atom. The summed E-state index contributed by atoms with van der Waals surface area (Å²) in [5, 5.41) is 15.1. The number of benzene rings is 2. The van der Waals surface area contributed by atoms with Crippen molar-refractivity contribution in [3.8, 4) is 17.1 Å². The quantitative estimate of drug-likeness (QED) is 0.310. The van der Waals surface area contributed by atoms with Crippen molar-refractivity contribution in [2.45, 2.75) is 0 Å². The number of carbonyl (C=O) groups excluding carboxylic acids is 1. The average molecular weight is 491 g/mol. The summed E-state index contributed by atoms with van der Waals surface area (Å²) in [5.41, 5.74) is 0.970. The minimum absolute atomic E-state index is 0.0358. The van der Waals surface area contributed by atoms with Crippen LogP contribution >= 0.6 is 35.4 Å². The van der Waals surface area contributed by atoms with Crippen molar-refractivity contribution in [2.24, 2.45) is 0 Å². The predicted octanol–water partition coefficient (Wildman–Crippen LogP) is 5.49. The molecule has 0 bridgehead atoms. The summed E-state index contributed by atoms with van der Waals surface area (Å²) >= 11 is 17.4. The summed E-state index contributed by atoms with van der Waals surface area (Å²) < 4.78 is 10.9. The maximum atomic E-state index is 12.2. The lowest BCUT2D eigenvalue weighted by atomic mass is 10.2. The molecule has 1 aromatic heterocycles. The highest BCUT2D eigenvalue weighted by Crippen LogP contribution is 2.34.